The van der Waals surface area contributed by atoms with Crippen molar-refractivity contribution in [1.82, 2.24) is 34.4 Å². The van der Waals surface area contributed by atoms with Gasteiger partial charge in [0.25, 0.3) is 11.7 Å². The highest BCUT2D eigenvalue weighted by Gasteiger charge is 2.19. The maximum Gasteiger partial charge on any atom is 0.291 e. The Balaban J connectivity index is 1.60. The molecule has 8 nitrogen and oxygen atoms in total. The van der Waals surface area contributed by atoms with Crippen LogP contribution in [0, 0.1) is 0 Å². The zero-order valence-electron chi connectivity index (χ0n) is 13.2. The van der Waals surface area contributed by atoms with E-state index >= 15 is 0 Å². The number of imidazole rings is 1. The minimum atomic E-state index is -0.348. The molecule has 0 fully saturated rings. The molecule has 0 bridgehead atoms. The predicted octanol–water partition coefficient (Wildman–Crippen LogP) is 1.49. The van der Waals surface area contributed by atoms with Crippen LogP contribution in [0.5, 0.6) is 0 Å². The van der Waals surface area contributed by atoms with Crippen LogP contribution in [0.25, 0.3) is 5.78 Å². The van der Waals surface area contributed by atoms with Crippen molar-refractivity contribution in [2.45, 2.75) is 12.6 Å². The Labute approximate surface area is 143 Å². The molecule has 0 saturated heterocycles. The van der Waals surface area contributed by atoms with E-state index in [0.29, 0.717) is 12.3 Å². The zero-order valence-corrected chi connectivity index (χ0v) is 13.2. The summed E-state index contributed by atoms with van der Waals surface area (Å²) in [5.74, 6) is 0.128. The van der Waals surface area contributed by atoms with E-state index < -0.39 is 0 Å². The third kappa shape index (κ3) is 3.23. The molecular weight excluding hydrogens is 318 g/mol. The molecule has 0 spiro atoms. The van der Waals surface area contributed by atoms with Crippen LogP contribution < -0.4 is 5.32 Å². The molecule has 4 rings (SSSR count). The van der Waals surface area contributed by atoms with Crippen LogP contribution in [-0.2, 0) is 6.54 Å². The van der Waals surface area contributed by atoms with Crippen LogP contribution in [0.3, 0.4) is 0 Å². The molecule has 0 aliphatic heterocycles. The number of hydrogen-bond donors (Lipinski definition) is 1. The van der Waals surface area contributed by atoms with Gasteiger partial charge < -0.3 is 9.88 Å². The van der Waals surface area contributed by atoms with Crippen LogP contribution in [0.1, 0.15) is 22.2 Å². The van der Waals surface area contributed by atoms with Crippen molar-refractivity contribution in [3.05, 3.63) is 78.9 Å². The summed E-state index contributed by atoms with van der Waals surface area (Å²) >= 11 is 0. The van der Waals surface area contributed by atoms with Crippen molar-refractivity contribution < 1.29 is 4.79 Å². The molecule has 0 aliphatic rings. The second-order valence-corrected chi connectivity index (χ2v) is 5.50. The Morgan fingerprint density at radius 2 is 2.00 bits per heavy atom. The number of fused-ring (bicyclic) bond motifs is 1. The molecule has 25 heavy (non-hydrogen) atoms. The van der Waals surface area contributed by atoms with E-state index in [2.05, 4.69) is 25.4 Å². The Kier molecular flexibility index (Phi) is 3.91. The lowest BCUT2D eigenvalue weighted by Crippen LogP contribution is -2.32. The van der Waals surface area contributed by atoms with Gasteiger partial charge in [0.2, 0.25) is 5.82 Å². The Bertz CT molecular complexity index is 946. The summed E-state index contributed by atoms with van der Waals surface area (Å²) in [5.41, 5.74) is 0.992. The third-order valence-corrected chi connectivity index (χ3v) is 3.78. The molecule has 0 radical (unpaired) electrons. The molecule has 4 aromatic rings. The lowest BCUT2D eigenvalue weighted by atomic mass is 10.1. The average molecular weight is 333 g/mol. The van der Waals surface area contributed by atoms with Crippen molar-refractivity contribution in [3.8, 4) is 0 Å². The van der Waals surface area contributed by atoms with Gasteiger partial charge in [-0.05, 0) is 11.6 Å². The second-order valence-electron chi connectivity index (χ2n) is 5.50. The number of hydrogen-bond acceptors (Lipinski definition) is 5. The van der Waals surface area contributed by atoms with Gasteiger partial charge in [-0.2, -0.15) is 4.98 Å². The van der Waals surface area contributed by atoms with Gasteiger partial charge in [0.15, 0.2) is 0 Å². The predicted molar refractivity (Wildman–Crippen MR) is 89.7 cm³/mol. The Morgan fingerprint density at radius 3 is 2.76 bits per heavy atom. The first kappa shape index (κ1) is 15.0. The van der Waals surface area contributed by atoms with Gasteiger partial charge in [-0.25, -0.2) is 14.5 Å². The van der Waals surface area contributed by atoms with E-state index in [4.69, 9.17) is 0 Å². The number of rotatable bonds is 5. The zero-order chi connectivity index (χ0) is 17.1. The van der Waals surface area contributed by atoms with Gasteiger partial charge in [0.05, 0.1) is 12.4 Å². The molecule has 0 saturated carbocycles. The maximum atomic E-state index is 12.6. The molecule has 1 aromatic carbocycles. The van der Waals surface area contributed by atoms with Crippen molar-refractivity contribution >= 4 is 11.7 Å². The fourth-order valence-electron chi connectivity index (χ4n) is 2.58. The summed E-state index contributed by atoms with van der Waals surface area (Å²) in [6.07, 6.45) is 8.59. The van der Waals surface area contributed by atoms with E-state index in [-0.39, 0.29) is 17.8 Å². The highest BCUT2D eigenvalue weighted by Crippen LogP contribution is 2.15. The van der Waals surface area contributed by atoms with Gasteiger partial charge in [-0.3, -0.25) is 4.79 Å². The van der Waals surface area contributed by atoms with Crippen LogP contribution in [0.15, 0.2) is 67.5 Å². The first-order chi connectivity index (χ1) is 12.3. The maximum absolute atomic E-state index is 12.6. The van der Waals surface area contributed by atoms with Crippen LogP contribution in [0.4, 0.5) is 0 Å². The van der Waals surface area contributed by atoms with Gasteiger partial charge >= 0.3 is 0 Å². The van der Waals surface area contributed by atoms with E-state index in [0.717, 1.165) is 5.56 Å². The number of nitrogens with zero attached hydrogens (tertiary/aromatic N) is 6. The smallest absolute Gasteiger partial charge is 0.291 e. The largest absolute Gasteiger partial charge is 0.341 e. The quantitative estimate of drug-likeness (QED) is 0.598. The number of amides is 1. The van der Waals surface area contributed by atoms with Crippen molar-refractivity contribution in [2.24, 2.45) is 0 Å². The summed E-state index contributed by atoms with van der Waals surface area (Å²) in [6.45, 7) is 0.557. The summed E-state index contributed by atoms with van der Waals surface area (Å²) in [6, 6.07) is 11.3. The molecule has 3 aromatic heterocycles. The van der Waals surface area contributed by atoms with Crippen molar-refractivity contribution in [2.75, 3.05) is 0 Å². The normalized spacial score (nSPS) is 12.2. The third-order valence-electron chi connectivity index (χ3n) is 3.78. The van der Waals surface area contributed by atoms with Gasteiger partial charge in [-0.1, -0.05) is 30.3 Å². The fourth-order valence-corrected chi connectivity index (χ4v) is 2.58. The van der Waals surface area contributed by atoms with Crippen LogP contribution >= 0.6 is 0 Å². The average Bonchev–Trinajstić information content (AvgIpc) is 3.31. The molecule has 1 atom stereocenters. The first-order valence-electron chi connectivity index (χ1n) is 7.78. The number of nitrogens with one attached hydrogen (secondary N) is 1. The minimum absolute atomic E-state index is 0.0882. The van der Waals surface area contributed by atoms with E-state index in [1.54, 1.807) is 31.0 Å². The number of aromatic nitrogens is 6. The van der Waals surface area contributed by atoms with E-state index in [1.165, 1.54) is 4.52 Å². The van der Waals surface area contributed by atoms with Gasteiger partial charge in [0.1, 0.15) is 0 Å². The first-order valence-corrected chi connectivity index (χ1v) is 7.78. The molecular formula is C17H15N7O. The van der Waals surface area contributed by atoms with Gasteiger partial charge in [0, 0.05) is 31.3 Å². The highest BCUT2D eigenvalue weighted by molar-refractivity contribution is 5.91. The lowest BCUT2D eigenvalue weighted by Gasteiger charge is -2.19. The summed E-state index contributed by atoms with van der Waals surface area (Å²) in [7, 11) is 0. The number of carbonyl (C=O) groups is 1. The monoisotopic (exact) mass is 333 g/mol. The molecule has 3 heterocycles. The van der Waals surface area contributed by atoms with Gasteiger partial charge in [-0.15, -0.1) is 5.10 Å². The lowest BCUT2D eigenvalue weighted by molar-refractivity contribution is 0.0922. The SMILES string of the molecule is O=C(N[C@H](Cn1ccnc1)c1ccccc1)c1nc2ncccn2n1. The second kappa shape index (κ2) is 6.52. The molecule has 8 heteroatoms. The molecule has 1 amide bonds. The molecule has 0 aliphatic carbocycles. The molecule has 124 valence electrons. The van der Waals surface area contributed by atoms with Crippen LogP contribution in [-0.4, -0.2) is 35.0 Å². The summed E-state index contributed by atoms with van der Waals surface area (Å²) in [4.78, 5) is 24.9. The van der Waals surface area contributed by atoms with Crippen molar-refractivity contribution in [1.29, 1.82) is 0 Å². The van der Waals surface area contributed by atoms with Crippen molar-refractivity contribution in [3.63, 3.8) is 0 Å². The Hall–Kier alpha value is -3.55. The van der Waals surface area contributed by atoms with E-state index in [1.807, 2.05) is 41.1 Å². The number of benzene rings is 1. The standard InChI is InChI=1S/C17H15N7O/c25-16(15-21-17-19-7-4-9-24(17)22-15)20-14(11-23-10-8-18-12-23)13-5-2-1-3-6-13/h1-10,12,14H,11H2,(H,20,25)/t14-/m1/s1. The van der Waals surface area contributed by atoms with Crippen LogP contribution in [0.2, 0.25) is 0 Å². The molecule has 1 N–H and O–H groups in total. The molecule has 0 unspecified atom stereocenters. The fraction of sp³-hybridized carbons (Fsp3) is 0.118. The van der Waals surface area contributed by atoms with E-state index in [9.17, 15) is 4.79 Å². The number of carbonyl (C=O) groups excluding carboxylic acids is 1. The summed E-state index contributed by atoms with van der Waals surface area (Å²) < 4.78 is 3.39. The topological polar surface area (TPSA) is 90.0 Å². The highest BCUT2D eigenvalue weighted by atomic mass is 16.2. The summed E-state index contributed by atoms with van der Waals surface area (Å²) in [5, 5.41) is 7.16. The Morgan fingerprint density at radius 1 is 1.12 bits per heavy atom. The minimum Gasteiger partial charge on any atom is -0.341 e.